The van der Waals surface area contributed by atoms with Gasteiger partial charge in [-0.15, -0.1) is 0 Å². The molecule has 0 aliphatic rings. The second-order valence-electron chi connectivity index (χ2n) is 3.57. The molecule has 0 amide bonds. The van der Waals surface area contributed by atoms with Crippen molar-refractivity contribution >= 4 is 34.2 Å². The van der Waals surface area contributed by atoms with Crippen molar-refractivity contribution in [3.8, 4) is 0 Å². The Bertz CT molecular complexity index is 678. The van der Waals surface area contributed by atoms with Gasteiger partial charge >= 0.3 is 5.97 Å². The van der Waals surface area contributed by atoms with Crippen LogP contribution in [0.1, 0.15) is 17.5 Å². The van der Waals surface area contributed by atoms with E-state index in [1.54, 1.807) is 6.92 Å². The van der Waals surface area contributed by atoms with Crippen molar-refractivity contribution in [3.63, 3.8) is 0 Å². The molecule has 1 aromatic heterocycles. The molecular weight excluding hydrogens is 258 g/mol. The third-order valence-corrected chi connectivity index (χ3v) is 2.52. The summed E-state index contributed by atoms with van der Waals surface area (Å²) in [4.78, 5) is 23.3. The highest BCUT2D eigenvalue weighted by Crippen LogP contribution is 2.24. The Morgan fingerprint density at radius 1 is 1.44 bits per heavy atom. The lowest BCUT2D eigenvalue weighted by Gasteiger charge is -2.05. The first-order valence-corrected chi connectivity index (χ1v) is 5.60. The summed E-state index contributed by atoms with van der Waals surface area (Å²) >= 11 is 5.80. The van der Waals surface area contributed by atoms with Crippen molar-refractivity contribution in [2.24, 2.45) is 0 Å². The van der Waals surface area contributed by atoms with Crippen molar-refractivity contribution in [3.05, 3.63) is 39.2 Å². The van der Waals surface area contributed by atoms with Crippen LogP contribution in [0.15, 0.2) is 27.4 Å². The van der Waals surface area contributed by atoms with Gasteiger partial charge in [0.25, 0.3) is 0 Å². The van der Waals surface area contributed by atoms with E-state index in [-0.39, 0.29) is 29.0 Å². The van der Waals surface area contributed by atoms with Gasteiger partial charge in [0.1, 0.15) is 0 Å². The van der Waals surface area contributed by atoms with Gasteiger partial charge in [0.2, 0.25) is 5.76 Å². The zero-order valence-corrected chi connectivity index (χ0v) is 10.3. The summed E-state index contributed by atoms with van der Waals surface area (Å²) in [6, 6.07) is 3.95. The number of benzene rings is 1. The third kappa shape index (κ3) is 2.17. The van der Waals surface area contributed by atoms with Crippen LogP contribution in [0.2, 0.25) is 5.02 Å². The minimum Gasteiger partial charge on any atom is -0.460 e. The Kier molecular flexibility index (Phi) is 3.25. The number of halogens is 1. The molecule has 0 fully saturated rings. The van der Waals surface area contributed by atoms with E-state index in [2.05, 4.69) is 0 Å². The highest BCUT2D eigenvalue weighted by molar-refractivity contribution is 6.31. The number of hydrogen-bond donors (Lipinski definition) is 1. The van der Waals surface area contributed by atoms with E-state index >= 15 is 0 Å². The minimum atomic E-state index is -0.703. The van der Waals surface area contributed by atoms with Gasteiger partial charge in [0.15, 0.2) is 11.0 Å². The SMILES string of the molecule is CCOC(=O)c1cc(=O)c2cc(Cl)cc(N)c2o1. The van der Waals surface area contributed by atoms with Crippen LogP contribution in [-0.4, -0.2) is 12.6 Å². The van der Waals surface area contributed by atoms with Crippen molar-refractivity contribution in [1.29, 1.82) is 0 Å². The zero-order valence-electron chi connectivity index (χ0n) is 9.53. The molecule has 18 heavy (non-hydrogen) atoms. The van der Waals surface area contributed by atoms with Gasteiger partial charge in [0, 0.05) is 11.1 Å². The van der Waals surface area contributed by atoms with Gasteiger partial charge in [-0.25, -0.2) is 4.79 Å². The zero-order chi connectivity index (χ0) is 13.3. The average molecular weight is 268 g/mol. The van der Waals surface area contributed by atoms with Crippen molar-refractivity contribution in [1.82, 2.24) is 0 Å². The van der Waals surface area contributed by atoms with E-state index in [1.807, 2.05) is 0 Å². The largest absolute Gasteiger partial charge is 0.460 e. The monoisotopic (exact) mass is 267 g/mol. The maximum atomic E-state index is 11.8. The number of nitrogens with two attached hydrogens (primary N) is 1. The second-order valence-corrected chi connectivity index (χ2v) is 4.00. The summed E-state index contributed by atoms with van der Waals surface area (Å²) in [5, 5.41) is 0.559. The molecule has 0 saturated carbocycles. The van der Waals surface area contributed by atoms with Gasteiger partial charge in [-0.05, 0) is 19.1 Å². The Morgan fingerprint density at radius 2 is 2.17 bits per heavy atom. The molecule has 0 bridgehead atoms. The Balaban J connectivity index is 2.69. The summed E-state index contributed by atoms with van der Waals surface area (Å²) in [7, 11) is 0. The molecular formula is C12H10ClNO4. The van der Waals surface area contributed by atoms with E-state index in [0.717, 1.165) is 6.07 Å². The first-order chi connectivity index (χ1) is 8.52. The topological polar surface area (TPSA) is 82.5 Å². The summed E-state index contributed by atoms with van der Waals surface area (Å²) in [5.41, 5.74) is 5.63. The molecule has 2 N–H and O–H groups in total. The van der Waals surface area contributed by atoms with E-state index in [9.17, 15) is 9.59 Å². The standard InChI is InChI=1S/C12H10ClNO4/c1-2-17-12(16)10-5-9(15)7-3-6(13)4-8(14)11(7)18-10/h3-5H,2,14H2,1H3. The fraction of sp³-hybridized carbons (Fsp3) is 0.167. The normalized spacial score (nSPS) is 10.6. The van der Waals surface area contributed by atoms with E-state index in [0.29, 0.717) is 5.02 Å². The van der Waals surface area contributed by atoms with Crippen LogP contribution >= 0.6 is 11.6 Å². The molecule has 0 atom stereocenters. The highest BCUT2D eigenvalue weighted by atomic mass is 35.5. The number of hydrogen-bond acceptors (Lipinski definition) is 5. The predicted molar refractivity (Wildman–Crippen MR) is 67.9 cm³/mol. The fourth-order valence-corrected chi connectivity index (χ4v) is 1.78. The first-order valence-electron chi connectivity index (χ1n) is 5.23. The van der Waals surface area contributed by atoms with Crippen molar-refractivity contribution < 1.29 is 13.9 Å². The maximum absolute atomic E-state index is 11.8. The summed E-state index contributed by atoms with van der Waals surface area (Å²) in [6.07, 6.45) is 0. The number of nitrogen functional groups attached to an aromatic ring is 1. The van der Waals surface area contributed by atoms with Gasteiger partial charge < -0.3 is 14.9 Å². The molecule has 0 spiro atoms. The molecule has 0 saturated heterocycles. The van der Waals surface area contributed by atoms with Crippen LogP contribution < -0.4 is 11.2 Å². The predicted octanol–water partition coefficient (Wildman–Crippen LogP) is 2.21. The number of carbonyl (C=O) groups is 1. The van der Waals surface area contributed by atoms with Gasteiger partial charge in [-0.2, -0.15) is 0 Å². The van der Waals surface area contributed by atoms with Gasteiger partial charge in [-0.3, -0.25) is 4.79 Å². The molecule has 2 rings (SSSR count). The van der Waals surface area contributed by atoms with E-state index in [4.69, 9.17) is 26.5 Å². The Labute approximate surface area is 107 Å². The van der Waals surface area contributed by atoms with E-state index in [1.165, 1.54) is 12.1 Å². The minimum absolute atomic E-state index is 0.134. The molecule has 1 aromatic carbocycles. The Morgan fingerprint density at radius 3 is 2.83 bits per heavy atom. The summed E-state index contributed by atoms with van der Waals surface area (Å²) in [5.74, 6) is -0.880. The first kappa shape index (κ1) is 12.4. The second kappa shape index (κ2) is 4.70. The highest BCUT2D eigenvalue weighted by Gasteiger charge is 2.15. The molecule has 2 aromatic rings. The number of anilines is 1. The Hall–Kier alpha value is -2.01. The lowest BCUT2D eigenvalue weighted by atomic mass is 10.2. The molecule has 0 aliphatic heterocycles. The van der Waals surface area contributed by atoms with Crippen molar-refractivity contribution in [2.75, 3.05) is 12.3 Å². The lowest BCUT2D eigenvalue weighted by Crippen LogP contribution is -2.10. The van der Waals surface area contributed by atoms with Crippen LogP contribution in [0.4, 0.5) is 5.69 Å². The molecule has 5 nitrogen and oxygen atoms in total. The summed E-state index contributed by atoms with van der Waals surface area (Å²) < 4.78 is 10.0. The number of rotatable bonds is 2. The molecule has 94 valence electrons. The lowest BCUT2D eigenvalue weighted by molar-refractivity contribution is 0.0491. The van der Waals surface area contributed by atoms with Gasteiger partial charge in [0.05, 0.1) is 17.7 Å². The van der Waals surface area contributed by atoms with Crippen LogP contribution in [0.25, 0.3) is 11.0 Å². The number of ether oxygens (including phenoxy) is 1. The maximum Gasteiger partial charge on any atom is 0.374 e. The smallest absolute Gasteiger partial charge is 0.374 e. The average Bonchev–Trinajstić information content (AvgIpc) is 2.30. The third-order valence-electron chi connectivity index (χ3n) is 2.30. The van der Waals surface area contributed by atoms with Crippen LogP contribution in [0.5, 0.6) is 0 Å². The number of carbonyl (C=O) groups excluding carboxylic acids is 1. The number of fused-ring (bicyclic) bond motifs is 1. The number of esters is 1. The fourth-order valence-electron chi connectivity index (χ4n) is 1.55. The molecule has 0 radical (unpaired) electrons. The van der Waals surface area contributed by atoms with Crippen LogP contribution in [-0.2, 0) is 4.74 Å². The van der Waals surface area contributed by atoms with Crippen LogP contribution in [0, 0.1) is 0 Å². The molecule has 0 unspecified atom stereocenters. The van der Waals surface area contributed by atoms with Gasteiger partial charge in [-0.1, -0.05) is 11.6 Å². The summed E-state index contributed by atoms with van der Waals surface area (Å²) in [6.45, 7) is 1.85. The molecule has 1 heterocycles. The van der Waals surface area contributed by atoms with Crippen LogP contribution in [0.3, 0.4) is 0 Å². The molecule has 0 aliphatic carbocycles. The molecule has 6 heteroatoms. The quantitative estimate of drug-likeness (QED) is 0.666. The van der Waals surface area contributed by atoms with E-state index < -0.39 is 11.4 Å². The van der Waals surface area contributed by atoms with Crippen molar-refractivity contribution in [2.45, 2.75) is 6.92 Å².